The number of rotatable bonds is 6. The van der Waals surface area contributed by atoms with Crippen molar-refractivity contribution in [2.24, 2.45) is 5.73 Å². The molecule has 2 aromatic heterocycles. The lowest BCUT2D eigenvalue weighted by Crippen LogP contribution is -2.14. The minimum Gasteiger partial charge on any atom is -0.351 e. The summed E-state index contributed by atoms with van der Waals surface area (Å²) in [5, 5.41) is 4.05. The minimum atomic E-state index is -0.361. The third-order valence-corrected chi connectivity index (χ3v) is 4.21. The molecule has 0 saturated carbocycles. The Labute approximate surface area is 151 Å². The van der Waals surface area contributed by atoms with Gasteiger partial charge in [0.25, 0.3) is 0 Å². The van der Waals surface area contributed by atoms with Crippen molar-refractivity contribution in [1.29, 1.82) is 0 Å². The Morgan fingerprint density at radius 3 is 2.50 bits per heavy atom. The molecule has 0 amide bonds. The van der Waals surface area contributed by atoms with Crippen LogP contribution in [0.2, 0.25) is 0 Å². The first-order valence-electron chi connectivity index (χ1n) is 8.48. The second kappa shape index (κ2) is 7.33. The highest BCUT2D eigenvalue weighted by atomic mass is 16.5. The smallest absolute Gasteiger partial charge is 0.243 e. The maximum Gasteiger partial charge on any atom is 0.243 e. The average molecular weight is 345 g/mol. The molecule has 2 aromatic carbocycles. The van der Waals surface area contributed by atoms with Crippen molar-refractivity contribution in [3.63, 3.8) is 0 Å². The molecule has 0 spiro atoms. The maximum absolute atomic E-state index is 6.13. The third kappa shape index (κ3) is 3.70. The number of imidazole rings is 1. The molecule has 6 nitrogen and oxygen atoms in total. The van der Waals surface area contributed by atoms with Crippen LogP contribution in [0.15, 0.2) is 71.6 Å². The van der Waals surface area contributed by atoms with Crippen LogP contribution in [0.3, 0.4) is 0 Å². The number of nitrogens with zero attached hydrogens (tertiary/aromatic N) is 3. The molecule has 0 radical (unpaired) electrons. The molecule has 1 atom stereocenters. The van der Waals surface area contributed by atoms with Crippen LogP contribution < -0.4 is 5.73 Å². The number of aromatic amines is 1. The Balaban J connectivity index is 1.42. The first kappa shape index (κ1) is 16.2. The van der Waals surface area contributed by atoms with E-state index in [9.17, 15) is 0 Å². The number of nitrogens with one attached hydrogen (secondary N) is 1. The van der Waals surface area contributed by atoms with Gasteiger partial charge in [-0.1, -0.05) is 59.8 Å². The van der Waals surface area contributed by atoms with Crippen LogP contribution in [0.1, 0.15) is 29.0 Å². The second-order valence-electron chi connectivity index (χ2n) is 6.16. The van der Waals surface area contributed by atoms with Crippen LogP contribution in [0.4, 0.5) is 0 Å². The number of hydrogen-bond acceptors (Lipinski definition) is 5. The molecule has 0 bridgehead atoms. The maximum atomic E-state index is 6.13. The van der Waals surface area contributed by atoms with E-state index in [0.29, 0.717) is 24.6 Å². The van der Waals surface area contributed by atoms with Crippen molar-refractivity contribution >= 4 is 0 Å². The Morgan fingerprint density at radius 1 is 1.00 bits per heavy atom. The highest BCUT2D eigenvalue weighted by molar-refractivity contribution is 5.63. The number of benzene rings is 2. The first-order valence-corrected chi connectivity index (χ1v) is 8.48. The van der Waals surface area contributed by atoms with Gasteiger partial charge in [-0.15, -0.1) is 0 Å². The van der Waals surface area contributed by atoms with E-state index in [1.165, 1.54) is 11.1 Å². The molecule has 0 saturated heterocycles. The predicted molar refractivity (Wildman–Crippen MR) is 98.2 cm³/mol. The molecular formula is C20H19N5O. The minimum absolute atomic E-state index is 0.361. The van der Waals surface area contributed by atoms with E-state index in [4.69, 9.17) is 10.3 Å². The lowest BCUT2D eigenvalue weighted by atomic mass is 10.0. The fourth-order valence-corrected chi connectivity index (χ4v) is 2.83. The summed E-state index contributed by atoms with van der Waals surface area (Å²) in [4.78, 5) is 11.5. The monoisotopic (exact) mass is 345 g/mol. The Bertz CT molecular complexity index is 946. The van der Waals surface area contributed by atoms with Gasteiger partial charge in [-0.3, -0.25) is 0 Å². The van der Waals surface area contributed by atoms with Gasteiger partial charge < -0.3 is 15.2 Å². The summed E-state index contributed by atoms with van der Waals surface area (Å²) in [6.07, 6.45) is 4.59. The van der Waals surface area contributed by atoms with Gasteiger partial charge in [0, 0.05) is 19.0 Å². The third-order valence-electron chi connectivity index (χ3n) is 4.21. The summed E-state index contributed by atoms with van der Waals surface area (Å²) in [7, 11) is 0. The van der Waals surface area contributed by atoms with Gasteiger partial charge in [0.1, 0.15) is 0 Å². The summed E-state index contributed by atoms with van der Waals surface area (Å²) >= 11 is 0. The van der Waals surface area contributed by atoms with E-state index in [1.807, 2.05) is 24.4 Å². The standard InChI is InChI=1S/C20H19N5O/c21-18(11-17-12-22-13-23-17)20-24-19(25-26-20)10-14-6-8-16(9-7-14)15-4-2-1-3-5-15/h1-9,12-13,18H,10-11,21H2,(H,22,23). The molecule has 3 N–H and O–H groups in total. The van der Waals surface area contributed by atoms with Crippen molar-refractivity contribution in [3.05, 3.63) is 90.1 Å². The number of nitrogens with two attached hydrogens (primary N) is 1. The van der Waals surface area contributed by atoms with E-state index in [-0.39, 0.29) is 6.04 Å². The van der Waals surface area contributed by atoms with Crippen LogP contribution in [0.25, 0.3) is 11.1 Å². The zero-order chi connectivity index (χ0) is 17.8. The topological polar surface area (TPSA) is 93.6 Å². The SMILES string of the molecule is NC(Cc1c[nH]cn1)c1nc(Cc2ccc(-c3ccccc3)cc2)no1. The zero-order valence-electron chi connectivity index (χ0n) is 14.2. The van der Waals surface area contributed by atoms with Crippen LogP contribution >= 0.6 is 0 Å². The van der Waals surface area contributed by atoms with Crippen LogP contribution in [-0.2, 0) is 12.8 Å². The molecule has 0 fully saturated rings. The summed E-state index contributed by atoms with van der Waals surface area (Å²) in [5.74, 6) is 1.06. The molecular weight excluding hydrogens is 326 g/mol. The van der Waals surface area contributed by atoms with Crippen LogP contribution in [-0.4, -0.2) is 20.1 Å². The van der Waals surface area contributed by atoms with Gasteiger partial charge in [-0.25, -0.2) is 4.98 Å². The fourth-order valence-electron chi connectivity index (χ4n) is 2.83. The first-order chi connectivity index (χ1) is 12.8. The highest BCUT2D eigenvalue weighted by Crippen LogP contribution is 2.20. The van der Waals surface area contributed by atoms with Crippen LogP contribution in [0, 0.1) is 0 Å². The molecule has 0 aliphatic heterocycles. The van der Waals surface area contributed by atoms with E-state index >= 15 is 0 Å². The summed E-state index contributed by atoms with van der Waals surface area (Å²) in [6, 6.07) is 18.3. The van der Waals surface area contributed by atoms with E-state index in [2.05, 4.69) is 56.5 Å². The lowest BCUT2D eigenvalue weighted by Gasteiger charge is -2.03. The van der Waals surface area contributed by atoms with Crippen molar-refractivity contribution < 1.29 is 4.52 Å². The number of hydrogen-bond donors (Lipinski definition) is 2. The van der Waals surface area contributed by atoms with Gasteiger partial charge in [0.2, 0.25) is 5.89 Å². The average Bonchev–Trinajstić information content (AvgIpc) is 3.35. The Kier molecular flexibility index (Phi) is 4.57. The molecule has 2 heterocycles. The van der Waals surface area contributed by atoms with Gasteiger partial charge in [0.05, 0.1) is 18.1 Å². The number of aromatic nitrogens is 4. The highest BCUT2D eigenvalue weighted by Gasteiger charge is 2.16. The van der Waals surface area contributed by atoms with Crippen molar-refractivity contribution in [2.75, 3.05) is 0 Å². The molecule has 4 rings (SSSR count). The molecule has 6 heteroatoms. The summed E-state index contributed by atoms with van der Waals surface area (Å²) in [5.41, 5.74) is 10.5. The van der Waals surface area contributed by atoms with Crippen molar-refractivity contribution in [3.8, 4) is 11.1 Å². The Morgan fingerprint density at radius 2 is 1.77 bits per heavy atom. The molecule has 0 aliphatic rings. The van der Waals surface area contributed by atoms with E-state index in [1.54, 1.807) is 6.33 Å². The van der Waals surface area contributed by atoms with Crippen molar-refractivity contribution in [1.82, 2.24) is 20.1 Å². The molecule has 1 unspecified atom stereocenters. The molecule has 26 heavy (non-hydrogen) atoms. The second-order valence-corrected chi connectivity index (χ2v) is 6.16. The van der Waals surface area contributed by atoms with Gasteiger partial charge >= 0.3 is 0 Å². The Hall–Kier alpha value is -3.25. The molecule has 4 aromatic rings. The quantitative estimate of drug-likeness (QED) is 0.559. The lowest BCUT2D eigenvalue weighted by molar-refractivity contribution is 0.350. The van der Waals surface area contributed by atoms with Gasteiger partial charge in [0.15, 0.2) is 5.82 Å². The van der Waals surface area contributed by atoms with E-state index < -0.39 is 0 Å². The van der Waals surface area contributed by atoms with Gasteiger partial charge in [-0.05, 0) is 16.7 Å². The van der Waals surface area contributed by atoms with Crippen LogP contribution in [0.5, 0.6) is 0 Å². The summed E-state index contributed by atoms with van der Waals surface area (Å²) in [6.45, 7) is 0. The molecule has 0 aliphatic carbocycles. The predicted octanol–water partition coefficient (Wildman–Crippen LogP) is 3.29. The normalized spacial score (nSPS) is 12.2. The summed E-state index contributed by atoms with van der Waals surface area (Å²) < 4.78 is 5.32. The number of H-pyrrole nitrogens is 1. The fraction of sp³-hybridized carbons (Fsp3) is 0.150. The van der Waals surface area contributed by atoms with Crippen molar-refractivity contribution in [2.45, 2.75) is 18.9 Å². The van der Waals surface area contributed by atoms with E-state index in [0.717, 1.165) is 11.3 Å². The largest absolute Gasteiger partial charge is 0.351 e. The molecule has 130 valence electrons. The van der Waals surface area contributed by atoms with Gasteiger partial charge in [-0.2, -0.15) is 4.98 Å². The zero-order valence-corrected chi connectivity index (χ0v) is 14.2.